The highest BCUT2D eigenvalue weighted by molar-refractivity contribution is 5.14. The average Bonchev–Trinajstić information content (AvgIpc) is 2.84. The second-order valence-corrected chi connectivity index (χ2v) is 4.06. The third kappa shape index (κ3) is 3.30. The number of ether oxygens (including phenoxy) is 2. The SMILES string of the molecule is O[C@H](CCCc1ccccc1)C1OCCO1. The average molecular weight is 222 g/mol. The van der Waals surface area contributed by atoms with E-state index in [0.29, 0.717) is 13.2 Å². The highest BCUT2D eigenvalue weighted by Crippen LogP contribution is 2.14. The molecule has 0 aliphatic carbocycles. The first kappa shape index (κ1) is 11.6. The zero-order valence-electron chi connectivity index (χ0n) is 9.34. The van der Waals surface area contributed by atoms with Crippen molar-refractivity contribution in [1.29, 1.82) is 0 Å². The van der Waals surface area contributed by atoms with E-state index in [9.17, 15) is 5.11 Å². The third-order valence-corrected chi connectivity index (χ3v) is 2.77. The zero-order chi connectivity index (χ0) is 11.2. The van der Waals surface area contributed by atoms with Crippen molar-refractivity contribution < 1.29 is 14.6 Å². The molecule has 1 heterocycles. The van der Waals surface area contributed by atoms with Gasteiger partial charge in [0.15, 0.2) is 6.29 Å². The van der Waals surface area contributed by atoms with Crippen molar-refractivity contribution in [1.82, 2.24) is 0 Å². The van der Waals surface area contributed by atoms with Crippen LogP contribution in [0.25, 0.3) is 0 Å². The Morgan fingerprint density at radius 1 is 1.19 bits per heavy atom. The van der Waals surface area contributed by atoms with Gasteiger partial charge in [-0.25, -0.2) is 0 Å². The molecule has 88 valence electrons. The first-order chi connectivity index (χ1) is 7.86. The molecule has 0 bridgehead atoms. The Kier molecular flexibility index (Phi) is 4.34. The third-order valence-electron chi connectivity index (χ3n) is 2.77. The molecule has 1 aliphatic rings. The van der Waals surface area contributed by atoms with E-state index in [4.69, 9.17) is 9.47 Å². The molecule has 1 aromatic carbocycles. The van der Waals surface area contributed by atoms with E-state index in [1.807, 2.05) is 18.2 Å². The highest BCUT2D eigenvalue weighted by Gasteiger charge is 2.24. The molecule has 1 saturated heterocycles. The summed E-state index contributed by atoms with van der Waals surface area (Å²) in [6.07, 6.45) is 1.76. The van der Waals surface area contributed by atoms with Crippen LogP contribution in [0.1, 0.15) is 18.4 Å². The molecule has 0 unspecified atom stereocenters. The Morgan fingerprint density at radius 2 is 1.88 bits per heavy atom. The van der Waals surface area contributed by atoms with Crippen LogP contribution >= 0.6 is 0 Å². The maximum absolute atomic E-state index is 9.78. The topological polar surface area (TPSA) is 38.7 Å². The van der Waals surface area contributed by atoms with Crippen LogP contribution in [-0.4, -0.2) is 30.7 Å². The highest BCUT2D eigenvalue weighted by atomic mass is 16.7. The molecule has 3 heteroatoms. The van der Waals surface area contributed by atoms with Gasteiger partial charge in [0.25, 0.3) is 0 Å². The second kappa shape index (κ2) is 5.99. The zero-order valence-corrected chi connectivity index (χ0v) is 9.34. The number of aryl methyl sites for hydroxylation is 1. The first-order valence-electron chi connectivity index (χ1n) is 5.81. The van der Waals surface area contributed by atoms with E-state index in [-0.39, 0.29) is 0 Å². The van der Waals surface area contributed by atoms with Crippen LogP contribution in [0.5, 0.6) is 0 Å². The van der Waals surface area contributed by atoms with Crippen LogP contribution in [-0.2, 0) is 15.9 Å². The molecular weight excluding hydrogens is 204 g/mol. The maximum atomic E-state index is 9.78. The van der Waals surface area contributed by atoms with Crippen molar-refractivity contribution in [2.24, 2.45) is 0 Å². The number of aliphatic hydroxyl groups excluding tert-OH is 1. The van der Waals surface area contributed by atoms with Crippen molar-refractivity contribution in [3.63, 3.8) is 0 Å². The van der Waals surface area contributed by atoms with Crippen molar-refractivity contribution in [2.75, 3.05) is 13.2 Å². The van der Waals surface area contributed by atoms with E-state index < -0.39 is 12.4 Å². The van der Waals surface area contributed by atoms with Crippen LogP contribution in [0.4, 0.5) is 0 Å². The van der Waals surface area contributed by atoms with Gasteiger partial charge in [0.2, 0.25) is 0 Å². The van der Waals surface area contributed by atoms with Gasteiger partial charge in [-0.2, -0.15) is 0 Å². The lowest BCUT2D eigenvalue weighted by molar-refractivity contribution is -0.122. The normalized spacial score (nSPS) is 18.8. The minimum Gasteiger partial charge on any atom is -0.388 e. The lowest BCUT2D eigenvalue weighted by atomic mass is 10.1. The van der Waals surface area contributed by atoms with Crippen LogP contribution in [0.3, 0.4) is 0 Å². The lowest BCUT2D eigenvalue weighted by Crippen LogP contribution is -2.26. The van der Waals surface area contributed by atoms with E-state index in [1.165, 1.54) is 5.56 Å². The Labute approximate surface area is 96.0 Å². The number of hydrogen-bond acceptors (Lipinski definition) is 3. The molecule has 1 N–H and O–H groups in total. The summed E-state index contributed by atoms with van der Waals surface area (Å²) < 4.78 is 10.5. The summed E-state index contributed by atoms with van der Waals surface area (Å²) >= 11 is 0. The van der Waals surface area contributed by atoms with E-state index in [1.54, 1.807) is 0 Å². The summed E-state index contributed by atoms with van der Waals surface area (Å²) in [5, 5.41) is 9.78. The minimum atomic E-state index is -0.494. The van der Waals surface area contributed by atoms with Crippen LogP contribution in [0.2, 0.25) is 0 Å². The predicted octanol–water partition coefficient (Wildman–Crippen LogP) is 1.74. The Balaban J connectivity index is 1.67. The lowest BCUT2D eigenvalue weighted by Gasteiger charge is -2.16. The van der Waals surface area contributed by atoms with Gasteiger partial charge in [-0.15, -0.1) is 0 Å². The van der Waals surface area contributed by atoms with Crippen LogP contribution in [0, 0.1) is 0 Å². The van der Waals surface area contributed by atoms with Gasteiger partial charge in [0.05, 0.1) is 13.2 Å². The smallest absolute Gasteiger partial charge is 0.183 e. The Hall–Kier alpha value is -0.900. The van der Waals surface area contributed by atoms with Gasteiger partial charge in [0, 0.05) is 0 Å². The molecule has 0 radical (unpaired) electrons. The molecule has 1 fully saturated rings. The molecule has 1 aromatic rings. The summed E-state index contributed by atoms with van der Waals surface area (Å²) in [6.45, 7) is 1.20. The fourth-order valence-corrected chi connectivity index (χ4v) is 1.89. The summed E-state index contributed by atoms with van der Waals surface area (Å²) in [4.78, 5) is 0. The molecular formula is C13H18O3. The Bertz CT molecular complexity index is 293. The van der Waals surface area contributed by atoms with Crippen molar-refractivity contribution in [3.05, 3.63) is 35.9 Å². The molecule has 16 heavy (non-hydrogen) atoms. The molecule has 0 amide bonds. The first-order valence-corrected chi connectivity index (χ1v) is 5.81. The van der Waals surface area contributed by atoms with Gasteiger partial charge in [-0.1, -0.05) is 30.3 Å². The molecule has 1 aliphatic heterocycles. The van der Waals surface area contributed by atoms with E-state index in [0.717, 1.165) is 19.3 Å². The molecule has 0 saturated carbocycles. The Morgan fingerprint density at radius 3 is 2.56 bits per heavy atom. The summed E-state index contributed by atoms with van der Waals surface area (Å²) in [5.41, 5.74) is 1.31. The van der Waals surface area contributed by atoms with Gasteiger partial charge < -0.3 is 14.6 Å². The molecule has 0 spiro atoms. The maximum Gasteiger partial charge on any atom is 0.183 e. The number of rotatable bonds is 5. The van der Waals surface area contributed by atoms with Crippen molar-refractivity contribution in [3.8, 4) is 0 Å². The largest absolute Gasteiger partial charge is 0.388 e. The van der Waals surface area contributed by atoms with Gasteiger partial charge >= 0.3 is 0 Å². The predicted molar refractivity (Wildman–Crippen MR) is 61.1 cm³/mol. The van der Waals surface area contributed by atoms with E-state index >= 15 is 0 Å². The summed E-state index contributed by atoms with van der Waals surface area (Å²) in [6, 6.07) is 10.3. The second-order valence-electron chi connectivity index (χ2n) is 4.06. The summed E-state index contributed by atoms with van der Waals surface area (Å²) in [5.74, 6) is 0. The quantitative estimate of drug-likeness (QED) is 0.824. The van der Waals surface area contributed by atoms with Crippen LogP contribution < -0.4 is 0 Å². The fraction of sp³-hybridized carbons (Fsp3) is 0.538. The van der Waals surface area contributed by atoms with E-state index in [2.05, 4.69) is 12.1 Å². The van der Waals surface area contributed by atoms with Crippen molar-refractivity contribution >= 4 is 0 Å². The molecule has 2 rings (SSSR count). The number of aliphatic hydroxyl groups is 1. The monoisotopic (exact) mass is 222 g/mol. The number of hydrogen-bond donors (Lipinski definition) is 1. The molecule has 1 atom stereocenters. The van der Waals surface area contributed by atoms with Gasteiger partial charge in [-0.05, 0) is 24.8 Å². The minimum absolute atomic E-state index is 0.407. The fourth-order valence-electron chi connectivity index (χ4n) is 1.89. The van der Waals surface area contributed by atoms with Crippen LogP contribution in [0.15, 0.2) is 30.3 Å². The summed E-state index contributed by atoms with van der Waals surface area (Å²) in [7, 11) is 0. The van der Waals surface area contributed by atoms with Gasteiger partial charge in [-0.3, -0.25) is 0 Å². The van der Waals surface area contributed by atoms with Crippen molar-refractivity contribution in [2.45, 2.75) is 31.7 Å². The standard InChI is InChI=1S/C13H18O3/c14-12(13-15-9-10-16-13)8-4-7-11-5-2-1-3-6-11/h1-3,5-6,12-14H,4,7-10H2/t12-/m1/s1. The van der Waals surface area contributed by atoms with Gasteiger partial charge in [0.1, 0.15) is 6.10 Å². The molecule has 3 nitrogen and oxygen atoms in total. The molecule has 0 aromatic heterocycles. The number of benzene rings is 1.